The van der Waals surface area contributed by atoms with Crippen LogP contribution in [0.4, 0.5) is 0 Å². The summed E-state index contributed by atoms with van der Waals surface area (Å²) in [6, 6.07) is 3.69. The second-order valence-corrected chi connectivity index (χ2v) is 4.22. The average molecular weight is 235 g/mol. The van der Waals surface area contributed by atoms with E-state index in [4.69, 9.17) is 9.47 Å². The maximum absolute atomic E-state index is 11.2. The topological polar surface area (TPSA) is 38.8 Å². The van der Waals surface area contributed by atoms with Gasteiger partial charge in [0, 0.05) is 6.54 Å². The van der Waals surface area contributed by atoms with Crippen LogP contribution in [-0.4, -0.2) is 39.0 Å². The molecule has 2 rings (SSSR count). The van der Waals surface area contributed by atoms with Gasteiger partial charge in [-0.3, -0.25) is 4.90 Å². The Balaban J connectivity index is 2.51. The third kappa shape index (κ3) is 2.00. The van der Waals surface area contributed by atoms with Crippen LogP contribution in [0.15, 0.2) is 12.1 Å². The molecule has 0 aromatic heterocycles. The van der Waals surface area contributed by atoms with Crippen LogP contribution in [0, 0.1) is 0 Å². The fourth-order valence-corrected chi connectivity index (χ4v) is 2.28. The number of aldehydes is 1. The number of hydrogen-bond acceptors (Lipinski definition) is 4. The second-order valence-electron chi connectivity index (χ2n) is 4.22. The molecule has 0 N–H and O–H groups in total. The summed E-state index contributed by atoms with van der Waals surface area (Å²) in [4.78, 5) is 13.2. The lowest BCUT2D eigenvalue weighted by Gasteiger charge is -2.31. The van der Waals surface area contributed by atoms with Gasteiger partial charge in [-0.15, -0.1) is 0 Å². The van der Waals surface area contributed by atoms with Gasteiger partial charge in [0.2, 0.25) is 0 Å². The standard InChI is InChI=1S/C13H17NO3/c1-14-5-4-9-6-12(16-2)13(17-3)7-10(9)11(14)8-15/h6-8,11H,4-5H2,1-3H3. The maximum atomic E-state index is 11.2. The van der Waals surface area contributed by atoms with E-state index in [2.05, 4.69) is 0 Å². The molecule has 1 heterocycles. The number of carbonyl (C=O) groups is 1. The van der Waals surface area contributed by atoms with Gasteiger partial charge >= 0.3 is 0 Å². The zero-order valence-corrected chi connectivity index (χ0v) is 10.4. The number of likely N-dealkylation sites (N-methyl/N-ethyl adjacent to an activating group) is 1. The monoisotopic (exact) mass is 235 g/mol. The maximum Gasteiger partial charge on any atom is 0.161 e. The van der Waals surface area contributed by atoms with Crippen molar-refractivity contribution in [2.45, 2.75) is 12.5 Å². The van der Waals surface area contributed by atoms with Crippen LogP contribution in [0.5, 0.6) is 11.5 Å². The number of carbonyl (C=O) groups excluding carboxylic acids is 1. The van der Waals surface area contributed by atoms with Crippen LogP contribution in [0.1, 0.15) is 17.2 Å². The van der Waals surface area contributed by atoms with Crippen molar-refractivity contribution in [1.29, 1.82) is 0 Å². The number of methoxy groups -OCH3 is 2. The first kappa shape index (κ1) is 11.9. The number of ether oxygens (including phenoxy) is 2. The Morgan fingerprint density at radius 2 is 1.94 bits per heavy atom. The van der Waals surface area contributed by atoms with Gasteiger partial charge in [-0.1, -0.05) is 0 Å². The molecule has 0 radical (unpaired) electrons. The van der Waals surface area contributed by atoms with Crippen molar-refractivity contribution in [3.8, 4) is 11.5 Å². The molecule has 0 saturated carbocycles. The van der Waals surface area contributed by atoms with E-state index in [9.17, 15) is 4.79 Å². The fraction of sp³-hybridized carbons (Fsp3) is 0.462. The molecule has 4 heteroatoms. The summed E-state index contributed by atoms with van der Waals surface area (Å²) in [5.41, 5.74) is 2.18. The Kier molecular flexibility index (Phi) is 3.33. The number of nitrogens with zero attached hydrogens (tertiary/aromatic N) is 1. The van der Waals surface area contributed by atoms with Crippen LogP contribution in [-0.2, 0) is 11.2 Å². The minimum absolute atomic E-state index is 0.182. The van der Waals surface area contributed by atoms with Gasteiger partial charge in [-0.2, -0.15) is 0 Å². The second kappa shape index (κ2) is 4.75. The lowest BCUT2D eigenvalue weighted by molar-refractivity contribution is -0.112. The molecule has 1 aromatic carbocycles. The Labute approximate surface area is 101 Å². The summed E-state index contributed by atoms with van der Waals surface area (Å²) in [6.45, 7) is 0.881. The molecule has 4 nitrogen and oxygen atoms in total. The molecule has 1 unspecified atom stereocenters. The first-order valence-electron chi connectivity index (χ1n) is 5.61. The van der Waals surface area contributed by atoms with E-state index in [-0.39, 0.29) is 6.04 Å². The van der Waals surface area contributed by atoms with Crippen molar-refractivity contribution >= 4 is 6.29 Å². The predicted octanol–water partition coefficient (Wildman–Crippen LogP) is 1.43. The van der Waals surface area contributed by atoms with Crippen LogP contribution in [0.2, 0.25) is 0 Å². The fourth-order valence-electron chi connectivity index (χ4n) is 2.28. The van der Waals surface area contributed by atoms with Crippen LogP contribution >= 0.6 is 0 Å². The normalized spacial score (nSPS) is 19.6. The molecular weight excluding hydrogens is 218 g/mol. The van der Waals surface area contributed by atoms with Crippen molar-refractivity contribution < 1.29 is 14.3 Å². The van der Waals surface area contributed by atoms with E-state index in [1.54, 1.807) is 14.2 Å². The van der Waals surface area contributed by atoms with Gasteiger partial charge in [0.15, 0.2) is 11.5 Å². The van der Waals surface area contributed by atoms with Gasteiger partial charge in [-0.05, 0) is 36.7 Å². The summed E-state index contributed by atoms with van der Waals surface area (Å²) in [7, 11) is 5.18. The lowest BCUT2D eigenvalue weighted by atomic mass is 9.93. The first-order chi connectivity index (χ1) is 8.21. The quantitative estimate of drug-likeness (QED) is 0.743. The Hall–Kier alpha value is -1.55. The molecule has 0 spiro atoms. The first-order valence-corrected chi connectivity index (χ1v) is 5.61. The van der Waals surface area contributed by atoms with Crippen LogP contribution < -0.4 is 9.47 Å². The van der Waals surface area contributed by atoms with Crippen molar-refractivity contribution in [2.24, 2.45) is 0 Å². The van der Waals surface area contributed by atoms with Gasteiger partial charge < -0.3 is 14.3 Å². The zero-order valence-electron chi connectivity index (χ0n) is 10.4. The molecule has 1 aliphatic heterocycles. The Morgan fingerprint density at radius 1 is 1.29 bits per heavy atom. The largest absolute Gasteiger partial charge is 0.493 e. The van der Waals surface area contributed by atoms with Gasteiger partial charge in [0.25, 0.3) is 0 Å². The number of fused-ring (bicyclic) bond motifs is 1. The third-order valence-electron chi connectivity index (χ3n) is 3.30. The van der Waals surface area contributed by atoms with E-state index in [0.717, 1.165) is 36.1 Å². The number of benzene rings is 1. The molecule has 0 amide bonds. The minimum atomic E-state index is -0.182. The van der Waals surface area contributed by atoms with E-state index in [1.165, 1.54) is 0 Å². The summed E-state index contributed by atoms with van der Waals surface area (Å²) in [5, 5.41) is 0. The highest BCUT2D eigenvalue weighted by Gasteiger charge is 2.26. The molecule has 0 saturated heterocycles. The molecule has 0 bridgehead atoms. The molecule has 17 heavy (non-hydrogen) atoms. The molecule has 0 fully saturated rings. The smallest absolute Gasteiger partial charge is 0.161 e. The summed E-state index contributed by atoms with van der Waals surface area (Å²) in [5.74, 6) is 1.40. The summed E-state index contributed by atoms with van der Waals surface area (Å²) >= 11 is 0. The van der Waals surface area contributed by atoms with Crippen molar-refractivity contribution in [2.75, 3.05) is 27.8 Å². The zero-order chi connectivity index (χ0) is 12.4. The third-order valence-corrected chi connectivity index (χ3v) is 3.30. The molecule has 1 atom stereocenters. The minimum Gasteiger partial charge on any atom is -0.493 e. The van der Waals surface area contributed by atoms with Crippen molar-refractivity contribution in [3.63, 3.8) is 0 Å². The van der Waals surface area contributed by atoms with Gasteiger partial charge in [0.05, 0.1) is 20.3 Å². The SMILES string of the molecule is COc1cc2c(cc1OC)C(C=O)N(C)CC2. The molecule has 0 aliphatic carbocycles. The Morgan fingerprint density at radius 3 is 2.53 bits per heavy atom. The van der Waals surface area contributed by atoms with Gasteiger partial charge in [0.1, 0.15) is 6.29 Å². The van der Waals surface area contributed by atoms with E-state index in [0.29, 0.717) is 5.75 Å². The lowest BCUT2D eigenvalue weighted by Crippen LogP contribution is -2.33. The van der Waals surface area contributed by atoms with Gasteiger partial charge in [-0.25, -0.2) is 0 Å². The predicted molar refractivity (Wildman–Crippen MR) is 64.7 cm³/mol. The van der Waals surface area contributed by atoms with Crippen LogP contribution in [0.3, 0.4) is 0 Å². The van der Waals surface area contributed by atoms with E-state index >= 15 is 0 Å². The van der Waals surface area contributed by atoms with E-state index in [1.807, 2.05) is 24.1 Å². The molecule has 1 aliphatic rings. The van der Waals surface area contributed by atoms with Crippen molar-refractivity contribution in [3.05, 3.63) is 23.3 Å². The highest BCUT2D eigenvalue weighted by atomic mass is 16.5. The van der Waals surface area contributed by atoms with Crippen LogP contribution in [0.25, 0.3) is 0 Å². The average Bonchev–Trinajstić information content (AvgIpc) is 2.37. The molecule has 92 valence electrons. The molecular formula is C13H17NO3. The molecule has 1 aromatic rings. The Bertz CT molecular complexity index is 431. The number of hydrogen-bond donors (Lipinski definition) is 0. The highest BCUT2D eigenvalue weighted by molar-refractivity contribution is 5.65. The number of rotatable bonds is 3. The highest BCUT2D eigenvalue weighted by Crippen LogP contribution is 2.36. The summed E-state index contributed by atoms with van der Waals surface area (Å²) < 4.78 is 10.5. The van der Waals surface area contributed by atoms with E-state index < -0.39 is 0 Å². The summed E-state index contributed by atoms with van der Waals surface area (Å²) in [6.07, 6.45) is 1.90. The van der Waals surface area contributed by atoms with Crippen molar-refractivity contribution in [1.82, 2.24) is 4.90 Å².